The number of fused-ring (bicyclic) bond motifs is 2. The molecule has 0 amide bonds. The van der Waals surface area contributed by atoms with Gasteiger partial charge < -0.3 is 10.1 Å². The Morgan fingerprint density at radius 2 is 1.94 bits per heavy atom. The van der Waals surface area contributed by atoms with Crippen molar-refractivity contribution in [3.8, 4) is 16.9 Å². The standard InChI is InChI=1S/C25H20FN9O/c1-15(19-3-6-27-13-28-19)36-23-10-18-21(9-17(23)16-11-32-34(2)12-16)29-14-30-25(18)33-20-5-8-35-22(24(20)26)4-7-31-35/h3-15H,1-2H3,(H,29,30,33). The monoisotopic (exact) mass is 481 g/mol. The fraction of sp³-hybridized carbons (Fsp3) is 0.120. The van der Waals surface area contributed by atoms with E-state index in [4.69, 9.17) is 4.74 Å². The maximum Gasteiger partial charge on any atom is 0.172 e. The van der Waals surface area contributed by atoms with Gasteiger partial charge in [-0.1, -0.05) is 0 Å². The Kier molecular flexibility index (Phi) is 5.21. The molecule has 0 radical (unpaired) electrons. The zero-order chi connectivity index (χ0) is 24.6. The summed E-state index contributed by atoms with van der Waals surface area (Å²) in [6.07, 6.45) is 11.1. The number of aromatic nitrogens is 8. The quantitative estimate of drug-likeness (QED) is 0.371. The van der Waals surface area contributed by atoms with Crippen LogP contribution in [-0.4, -0.2) is 39.3 Å². The lowest BCUT2D eigenvalue weighted by atomic mass is 10.0. The highest BCUT2D eigenvalue weighted by Gasteiger charge is 2.18. The Morgan fingerprint density at radius 1 is 1.03 bits per heavy atom. The van der Waals surface area contributed by atoms with Crippen LogP contribution in [0, 0.1) is 5.82 Å². The highest BCUT2D eigenvalue weighted by Crippen LogP contribution is 2.38. The van der Waals surface area contributed by atoms with Gasteiger partial charge in [0.05, 0.1) is 29.3 Å². The van der Waals surface area contributed by atoms with Gasteiger partial charge in [0.2, 0.25) is 0 Å². The van der Waals surface area contributed by atoms with Gasteiger partial charge in [-0.15, -0.1) is 0 Å². The first-order valence-electron chi connectivity index (χ1n) is 11.2. The summed E-state index contributed by atoms with van der Waals surface area (Å²) in [4.78, 5) is 17.1. The smallest absolute Gasteiger partial charge is 0.172 e. The molecule has 0 fully saturated rings. The number of halogens is 1. The summed E-state index contributed by atoms with van der Waals surface area (Å²) in [5.41, 5.74) is 3.72. The predicted molar refractivity (Wildman–Crippen MR) is 131 cm³/mol. The lowest BCUT2D eigenvalue weighted by Gasteiger charge is -2.18. The van der Waals surface area contributed by atoms with Gasteiger partial charge in [-0.2, -0.15) is 10.2 Å². The second kappa shape index (κ2) is 8.69. The van der Waals surface area contributed by atoms with Gasteiger partial charge >= 0.3 is 0 Å². The summed E-state index contributed by atoms with van der Waals surface area (Å²) >= 11 is 0. The van der Waals surface area contributed by atoms with Crippen LogP contribution in [0.25, 0.3) is 27.5 Å². The van der Waals surface area contributed by atoms with E-state index in [2.05, 4.69) is 35.5 Å². The minimum atomic E-state index is -0.428. The first kappa shape index (κ1) is 21.6. The van der Waals surface area contributed by atoms with Crippen molar-refractivity contribution < 1.29 is 9.13 Å². The summed E-state index contributed by atoms with van der Waals surface area (Å²) < 4.78 is 24.7. The average Bonchev–Trinajstić information content (AvgIpc) is 3.55. The van der Waals surface area contributed by atoms with E-state index < -0.39 is 5.82 Å². The van der Waals surface area contributed by atoms with E-state index in [0.29, 0.717) is 28.0 Å². The van der Waals surface area contributed by atoms with Crippen molar-refractivity contribution in [2.75, 3.05) is 5.32 Å². The number of hydrogen-bond donors (Lipinski definition) is 1. The zero-order valence-corrected chi connectivity index (χ0v) is 19.4. The molecular weight excluding hydrogens is 461 g/mol. The van der Waals surface area contributed by atoms with Gasteiger partial charge in [0.25, 0.3) is 0 Å². The van der Waals surface area contributed by atoms with E-state index in [-0.39, 0.29) is 11.8 Å². The summed E-state index contributed by atoms with van der Waals surface area (Å²) in [6, 6.07) is 8.80. The molecule has 178 valence electrons. The lowest BCUT2D eigenvalue weighted by molar-refractivity contribution is 0.223. The van der Waals surface area contributed by atoms with Gasteiger partial charge in [0, 0.05) is 42.2 Å². The molecule has 1 atom stereocenters. The number of rotatable bonds is 6. The van der Waals surface area contributed by atoms with Crippen molar-refractivity contribution in [2.24, 2.45) is 7.05 Å². The van der Waals surface area contributed by atoms with Crippen LogP contribution in [0.15, 0.2) is 74.0 Å². The number of pyridine rings is 1. The molecule has 6 rings (SSSR count). The summed E-state index contributed by atoms with van der Waals surface area (Å²) in [7, 11) is 1.85. The van der Waals surface area contributed by atoms with Crippen molar-refractivity contribution in [1.29, 1.82) is 0 Å². The molecule has 0 spiro atoms. The Hall–Kier alpha value is -4.93. The molecule has 0 saturated heterocycles. The number of hydrogen-bond acceptors (Lipinski definition) is 8. The van der Waals surface area contributed by atoms with Gasteiger partial charge in [0.1, 0.15) is 35.8 Å². The van der Waals surface area contributed by atoms with Gasteiger partial charge in [-0.3, -0.25) is 4.68 Å². The van der Waals surface area contributed by atoms with Crippen molar-refractivity contribution >= 4 is 27.9 Å². The molecule has 0 aliphatic rings. The highest BCUT2D eigenvalue weighted by atomic mass is 19.1. The normalized spacial score (nSPS) is 12.2. The third-order valence-corrected chi connectivity index (χ3v) is 5.84. The third kappa shape index (κ3) is 3.86. The molecule has 0 bridgehead atoms. The van der Waals surface area contributed by atoms with Crippen LogP contribution in [0.2, 0.25) is 0 Å². The Morgan fingerprint density at radius 3 is 2.75 bits per heavy atom. The van der Waals surface area contributed by atoms with Crippen LogP contribution in [0.5, 0.6) is 5.75 Å². The van der Waals surface area contributed by atoms with Crippen LogP contribution in [0.3, 0.4) is 0 Å². The molecule has 0 saturated carbocycles. The summed E-state index contributed by atoms with van der Waals surface area (Å²) in [5.74, 6) is 0.605. The van der Waals surface area contributed by atoms with Crippen molar-refractivity contribution in [1.82, 2.24) is 39.3 Å². The average molecular weight is 481 g/mol. The van der Waals surface area contributed by atoms with Crippen LogP contribution in [-0.2, 0) is 7.05 Å². The largest absolute Gasteiger partial charge is 0.484 e. The number of anilines is 2. The first-order chi connectivity index (χ1) is 17.6. The molecule has 36 heavy (non-hydrogen) atoms. The number of nitrogens with one attached hydrogen (secondary N) is 1. The number of aryl methyl sites for hydroxylation is 1. The van der Waals surface area contributed by atoms with Crippen LogP contribution < -0.4 is 10.1 Å². The first-order valence-corrected chi connectivity index (χ1v) is 11.2. The number of ether oxygens (including phenoxy) is 1. The molecule has 5 aromatic heterocycles. The Balaban J connectivity index is 1.46. The minimum Gasteiger partial charge on any atom is -0.484 e. The minimum absolute atomic E-state index is 0.274. The Labute approximate surface area is 204 Å². The van der Waals surface area contributed by atoms with Crippen LogP contribution in [0.4, 0.5) is 15.9 Å². The number of nitrogens with zero attached hydrogens (tertiary/aromatic N) is 8. The second-order valence-electron chi connectivity index (χ2n) is 8.21. The maximum atomic E-state index is 15.1. The van der Waals surface area contributed by atoms with Crippen molar-refractivity contribution in [3.63, 3.8) is 0 Å². The molecule has 6 aromatic rings. The van der Waals surface area contributed by atoms with Crippen molar-refractivity contribution in [2.45, 2.75) is 13.0 Å². The molecule has 11 heteroatoms. The highest BCUT2D eigenvalue weighted by molar-refractivity contribution is 5.95. The summed E-state index contributed by atoms with van der Waals surface area (Å²) in [6.45, 7) is 1.91. The topological polar surface area (TPSA) is 108 Å². The lowest BCUT2D eigenvalue weighted by Crippen LogP contribution is -2.07. The molecule has 0 aliphatic heterocycles. The molecule has 1 unspecified atom stereocenters. The second-order valence-corrected chi connectivity index (χ2v) is 8.21. The molecule has 1 aromatic carbocycles. The SMILES string of the molecule is CC(Oc1cc2c(Nc3ccn4nccc4c3F)ncnc2cc1-c1cnn(C)c1)c1ccncn1. The fourth-order valence-electron chi connectivity index (χ4n) is 4.05. The molecule has 1 N–H and O–H groups in total. The third-order valence-electron chi connectivity index (χ3n) is 5.84. The van der Waals surface area contributed by atoms with E-state index in [1.807, 2.05) is 32.3 Å². The zero-order valence-electron chi connectivity index (χ0n) is 19.4. The van der Waals surface area contributed by atoms with Crippen molar-refractivity contribution in [3.05, 3.63) is 85.5 Å². The summed E-state index contributed by atoms with van der Waals surface area (Å²) in [5, 5.41) is 12.2. The fourth-order valence-corrected chi connectivity index (χ4v) is 4.05. The molecule has 5 heterocycles. The van der Waals surface area contributed by atoms with E-state index in [0.717, 1.165) is 16.8 Å². The van der Waals surface area contributed by atoms with Gasteiger partial charge in [0.15, 0.2) is 5.82 Å². The van der Waals surface area contributed by atoms with E-state index in [9.17, 15) is 0 Å². The van der Waals surface area contributed by atoms with E-state index >= 15 is 4.39 Å². The van der Waals surface area contributed by atoms with Crippen LogP contribution in [0.1, 0.15) is 18.7 Å². The van der Waals surface area contributed by atoms with Gasteiger partial charge in [-0.25, -0.2) is 28.8 Å². The Bertz CT molecular complexity index is 1700. The van der Waals surface area contributed by atoms with E-state index in [1.165, 1.54) is 17.2 Å². The number of benzene rings is 1. The van der Waals surface area contributed by atoms with E-state index in [1.54, 1.807) is 47.7 Å². The van der Waals surface area contributed by atoms with Crippen LogP contribution >= 0.6 is 0 Å². The molecular formula is C25H20FN9O. The molecule has 0 aliphatic carbocycles. The maximum absolute atomic E-state index is 15.1. The van der Waals surface area contributed by atoms with Gasteiger partial charge in [-0.05, 0) is 37.3 Å². The predicted octanol–water partition coefficient (Wildman–Crippen LogP) is 4.49. The molecule has 10 nitrogen and oxygen atoms in total.